The third-order valence-electron chi connectivity index (χ3n) is 3.92. The van der Waals surface area contributed by atoms with Crippen molar-refractivity contribution in [1.29, 1.82) is 0 Å². The highest BCUT2D eigenvalue weighted by atomic mass is 16.5. The molecule has 1 heterocycles. The Morgan fingerprint density at radius 1 is 1.14 bits per heavy atom. The Kier molecular flexibility index (Phi) is 5.37. The highest BCUT2D eigenvalue weighted by molar-refractivity contribution is 5.78. The normalized spacial score (nSPS) is 15.4. The Morgan fingerprint density at radius 3 is 2.24 bits per heavy atom. The zero-order valence-electron chi connectivity index (χ0n) is 12.9. The number of likely N-dealkylation sites (tertiary alicyclic amines) is 1. The molecule has 0 aliphatic carbocycles. The molecule has 0 radical (unpaired) electrons. The fourth-order valence-corrected chi connectivity index (χ4v) is 2.82. The van der Waals surface area contributed by atoms with Gasteiger partial charge >= 0.3 is 0 Å². The summed E-state index contributed by atoms with van der Waals surface area (Å²) in [5, 5.41) is 0. The van der Waals surface area contributed by atoms with Crippen molar-refractivity contribution in [2.24, 2.45) is 0 Å². The second-order valence-corrected chi connectivity index (χ2v) is 5.69. The topological polar surface area (TPSA) is 46.6 Å². The standard InChI is InChI=1S/C17H23NO3/c1-13-9-15(11-19)10-14(2)17(13)21-12-16(20)18-7-5-3-4-6-8-18/h9-11H,3-8,12H2,1-2H3. The van der Waals surface area contributed by atoms with Gasteiger partial charge in [-0.05, 0) is 49.9 Å². The Morgan fingerprint density at radius 2 is 1.71 bits per heavy atom. The highest BCUT2D eigenvalue weighted by Gasteiger charge is 2.17. The van der Waals surface area contributed by atoms with Crippen molar-refractivity contribution in [3.05, 3.63) is 28.8 Å². The number of carbonyl (C=O) groups is 2. The van der Waals surface area contributed by atoms with E-state index in [1.54, 1.807) is 12.1 Å². The molecule has 21 heavy (non-hydrogen) atoms. The van der Waals surface area contributed by atoms with Gasteiger partial charge in [-0.15, -0.1) is 0 Å². The molecule has 0 spiro atoms. The van der Waals surface area contributed by atoms with Gasteiger partial charge in [0.15, 0.2) is 6.61 Å². The molecule has 1 aliphatic rings. The summed E-state index contributed by atoms with van der Waals surface area (Å²) in [6.07, 6.45) is 5.40. The van der Waals surface area contributed by atoms with Crippen LogP contribution in [-0.4, -0.2) is 36.8 Å². The first-order valence-corrected chi connectivity index (χ1v) is 7.59. The van der Waals surface area contributed by atoms with E-state index in [-0.39, 0.29) is 12.5 Å². The molecule has 0 saturated carbocycles. The predicted octanol–water partition coefficient (Wildman–Crippen LogP) is 2.90. The van der Waals surface area contributed by atoms with Gasteiger partial charge < -0.3 is 9.64 Å². The minimum atomic E-state index is 0.0511. The van der Waals surface area contributed by atoms with E-state index < -0.39 is 0 Å². The number of carbonyl (C=O) groups excluding carboxylic acids is 2. The Bertz CT molecular complexity index is 494. The van der Waals surface area contributed by atoms with E-state index in [4.69, 9.17) is 4.74 Å². The molecular weight excluding hydrogens is 266 g/mol. The molecule has 1 aliphatic heterocycles. The molecule has 4 nitrogen and oxygen atoms in total. The summed E-state index contributed by atoms with van der Waals surface area (Å²) in [6.45, 7) is 5.54. The zero-order valence-corrected chi connectivity index (χ0v) is 12.9. The van der Waals surface area contributed by atoms with E-state index >= 15 is 0 Å². The van der Waals surface area contributed by atoms with Crippen molar-refractivity contribution in [2.45, 2.75) is 39.5 Å². The smallest absolute Gasteiger partial charge is 0.260 e. The van der Waals surface area contributed by atoms with Gasteiger partial charge in [0.25, 0.3) is 5.91 Å². The maximum Gasteiger partial charge on any atom is 0.260 e. The third-order valence-corrected chi connectivity index (χ3v) is 3.92. The number of hydrogen-bond donors (Lipinski definition) is 0. The predicted molar refractivity (Wildman–Crippen MR) is 81.8 cm³/mol. The van der Waals surface area contributed by atoms with E-state index in [0.717, 1.165) is 43.3 Å². The van der Waals surface area contributed by atoms with E-state index in [0.29, 0.717) is 11.3 Å². The number of nitrogens with zero attached hydrogens (tertiary/aromatic N) is 1. The van der Waals surface area contributed by atoms with Crippen LogP contribution in [0.15, 0.2) is 12.1 Å². The number of amides is 1. The van der Waals surface area contributed by atoms with Crippen LogP contribution in [0.5, 0.6) is 5.75 Å². The first-order chi connectivity index (χ1) is 10.1. The van der Waals surface area contributed by atoms with Gasteiger partial charge in [-0.3, -0.25) is 9.59 Å². The molecule has 1 fully saturated rings. The lowest BCUT2D eigenvalue weighted by molar-refractivity contribution is -0.133. The summed E-state index contributed by atoms with van der Waals surface area (Å²) >= 11 is 0. The number of benzene rings is 1. The minimum absolute atomic E-state index is 0.0511. The molecule has 114 valence electrons. The summed E-state index contributed by atoms with van der Waals surface area (Å²) in [4.78, 5) is 24.9. The van der Waals surface area contributed by atoms with Crippen LogP contribution in [0.4, 0.5) is 0 Å². The van der Waals surface area contributed by atoms with Gasteiger partial charge in [-0.25, -0.2) is 0 Å². The maximum absolute atomic E-state index is 12.2. The van der Waals surface area contributed by atoms with Gasteiger partial charge in [0, 0.05) is 18.7 Å². The van der Waals surface area contributed by atoms with Crippen LogP contribution in [0.1, 0.15) is 47.2 Å². The third kappa shape index (κ3) is 4.06. The lowest BCUT2D eigenvalue weighted by Gasteiger charge is -2.21. The SMILES string of the molecule is Cc1cc(C=O)cc(C)c1OCC(=O)N1CCCCCC1. The summed E-state index contributed by atoms with van der Waals surface area (Å²) < 4.78 is 5.72. The Hall–Kier alpha value is -1.84. The molecule has 1 aromatic carbocycles. The van der Waals surface area contributed by atoms with Gasteiger partial charge in [0.2, 0.25) is 0 Å². The van der Waals surface area contributed by atoms with Crippen LogP contribution in [0.3, 0.4) is 0 Å². The first kappa shape index (κ1) is 15.5. The molecular formula is C17H23NO3. The van der Waals surface area contributed by atoms with E-state index in [2.05, 4.69) is 0 Å². The fraction of sp³-hybridized carbons (Fsp3) is 0.529. The van der Waals surface area contributed by atoms with Crippen molar-refractivity contribution in [1.82, 2.24) is 4.90 Å². The average Bonchev–Trinajstić information content (AvgIpc) is 2.75. The fourth-order valence-electron chi connectivity index (χ4n) is 2.82. The van der Waals surface area contributed by atoms with Crippen molar-refractivity contribution in [3.63, 3.8) is 0 Å². The molecule has 0 unspecified atom stereocenters. The van der Waals surface area contributed by atoms with Crippen molar-refractivity contribution < 1.29 is 14.3 Å². The molecule has 0 atom stereocenters. The molecule has 0 N–H and O–H groups in total. The summed E-state index contributed by atoms with van der Waals surface area (Å²) in [6, 6.07) is 3.57. The van der Waals surface area contributed by atoms with E-state index in [9.17, 15) is 9.59 Å². The van der Waals surface area contributed by atoms with Crippen molar-refractivity contribution in [3.8, 4) is 5.75 Å². The summed E-state index contributed by atoms with van der Waals surface area (Å²) in [5.41, 5.74) is 2.41. The van der Waals surface area contributed by atoms with Crippen LogP contribution >= 0.6 is 0 Å². The highest BCUT2D eigenvalue weighted by Crippen LogP contribution is 2.24. The van der Waals surface area contributed by atoms with E-state index in [1.807, 2.05) is 18.7 Å². The van der Waals surface area contributed by atoms with Crippen LogP contribution in [0.2, 0.25) is 0 Å². The Balaban J connectivity index is 1.99. The quantitative estimate of drug-likeness (QED) is 0.801. The number of aldehydes is 1. The van der Waals surface area contributed by atoms with Crippen LogP contribution in [0, 0.1) is 13.8 Å². The molecule has 1 aromatic rings. The lowest BCUT2D eigenvalue weighted by atomic mass is 10.1. The number of rotatable bonds is 4. The second-order valence-electron chi connectivity index (χ2n) is 5.69. The number of aryl methyl sites for hydroxylation is 2. The zero-order chi connectivity index (χ0) is 15.2. The second kappa shape index (κ2) is 7.25. The van der Waals surface area contributed by atoms with Crippen molar-refractivity contribution >= 4 is 12.2 Å². The molecule has 2 rings (SSSR count). The van der Waals surface area contributed by atoms with Gasteiger partial charge in [-0.2, -0.15) is 0 Å². The Labute approximate surface area is 126 Å². The first-order valence-electron chi connectivity index (χ1n) is 7.59. The number of ether oxygens (including phenoxy) is 1. The monoisotopic (exact) mass is 289 g/mol. The average molecular weight is 289 g/mol. The largest absolute Gasteiger partial charge is 0.483 e. The summed E-state index contributed by atoms with van der Waals surface area (Å²) in [7, 11) is 0. The summed E-state index contributed by atoms with van der Waals surface area (Å²) in [5.74, 6) is 0.763. The number of hydrogen-bond acceptors (Lipinski definition) is 3. The molecule has 1 amide bonds. The molecule has 1 saturated heterocycles. The van der Waals surface area contributed by atoms with Crippen LogP contribution in [-0.2, 0) is 4.79 Å². The van der Waals surface area contributed by atoms with Gasteiger partial charge in [0.1, 0.15) is 12.0 Å². The van der Waals surface area contributed by atoms with E-state index in [1.165, 1.54) is 12.8 Å². The van der Waals surface area contributed by atoms with Crippen LogP contribution in [0.25, 0.3) is 0 Å². The van der Waals surface area contributed by atoms with Gasteiger partial charge in [0.05, 0.1) is 0 Å². The molecule has 4 heteroatoms. The van der Waals surface area contributed by atoms with Crippen molar-refractivity contribution in [2.75, 3.05) is 19.7 Å². The lowest BCUT2D eigenvalue weighted by Crippen LogP contribution is -2.35. The minimum Gasteiger partial charge on any atom is -0.483 e. The van der Waals surface area contributed by atoms with Gasteiger partial charge in [-0.1, -0.05) is 12.8 Å². The molecule has 0 bridgehead atoms. The molecule has 0 aromatic heterocycles. The maximum atomic E-state index is 12.2. The van der Waals surface area contributed by atoms with Crippen LogP contribution < -0.4 is 4.74 Å².